The van der Waals surface area contributed by atoms with Crippen molar-refractivity contribution in [2.45, 2.75) is 19.9 Å². The quantitative estimate of drug-likeness (QED) is 0.736. The van der Waals surface area contributed by atoms with Crippen LogP contribution in [0.4, 0.5) is 5.69 Å². The summed E-state index contributed by atoms with van der Waals surface area (Å²) >= 11 is 0. The summed E-state index contributed by atoms with van der Waals surface area (Å²) in [7, 11) is -1.89. The zero-order valence-electron chi connectivity index (χ0n) is 14.9. The Bertz CT molecular complexity index is 1040. The fourth-order valence-electron chi connectivity index (χ4n) is 3.21. The summed E-state index contributed by atoms with van der Waals surface area (Å²) in [5, 5.41) is 0. The van der Waals surface area contributed by atoms with Gasteiger partial charge in [-0.15, -0.1) is 0 Å². The lowest BCUT2D eigenvalue weighted by Gasteiger charge is -2.16. The molecule has 0 aliphatic carbocycles. The van der Waals surface area contributed by atoms with Gasteiger partial charge in [0, 0.05) is 24.4 Å². The normalized spacial score (nSPS) is 13.6. The molecule has 0 radical (unpaired) electrons. The molecule has 0 bridgehead atoms. The molecule has 0 saturated carbocycles. The van der Waals surface area contributed by atoms with Crippen molar-refractivity contribution in [2.75, 3.05) is 24.2 Å². The predicted molar refractivity (Wildman–Crippen MR) is 98.7 cm³/mol. The largest absolute Gasteiger partial charge is 0.491 e. The summed E-state index contributed by atoms with van der Waals surface area (Å²) in [6, 6.07) is 6.43. The lowest BCUT2D eigenvalue weighted by atomic mass is 10.1. The maximum Gasteiger partial charge on any atom is 0.232 e. The van der Waals surface area contributed by atoms with Crippen LogP contribution in [-0.2, 0) is 23.0 Å². The minimum Gasteiger partial charge on any atom is -0.491 e. The summed E-state index contributed by atoms with van der Waals surface area (Å²) < 4.78 is 31.7. The number of benzene rings is 1. The lowest BCUT2D eigenvalue weighted by Crippen LogP contribution is -2.27. The van der Waals surface area contributed by atoms with Crippen LogP contribution in [-0.4, -0.2) is 38.7 Å². The molecule has 0 saturated heterocycles. The highest BCUT2D eigenvalue weighted by Gasteiger charge is 2.26. The molecule has 2 heterocycles. The molecule has 2 aromatic rings. The SMILES string of the molecule is COc1c(C)n(CC(=O)c2ccc3c(c2)CCN3S(C)(=O)=O)ccc1=O. The number of hydrogen-bond donors (Lipinski definition) is 0. The minimum atomic E-state index is -3.31. The number of pyridine rings is 1. The second kappa shape index (κ2) is 6.60. The van der Waals surface area contributed by atoms with E-state index in [4.69, 9.17) is 4.74 Å². The van der Waals surface area contributed by atoms with Gasteiger partial charge in [0.1, 0.15) is 0 Å². The maximum absolute atomic E-state index is 12.7. The van der Waals surface area contributed by atoms with Crippen molar-refractivity contribution in [1.29, 1.82) is 0 Å². The molecule has 1 aliphatic heterocycles. The Morgan fingerprint density at radius 2 is 2.00 bits per heavy atom. The van der Waals surface area contributed by atoms with E-state index >= 15 is 0 Å². The third-order valence-electron chi connectivity index (χ3n) is 4.56. The van der Waals surface area contributed by atoms with Crippen LogP contribution in [0.15, 0.2) is 35.3 Å². The van der Waals surface area contributed by atoms with Crippen molar-refractivity contribution >= 4 is 21.5 Å². The van der Waals surface area contributed by atoms with Gasteiger partial charge in [-0.3, -0.25) is 13.9 Å². The maximum atomic E-state index is 12.7. The van der Waals surface area contributed by atoms with E-state index in [0.29, 0.717) is 29.9 Å². The van der Waals surface area contributed by atoms with Gasteiger partial charge in [0.15, 0.2) is 11.5 Å². The van der Waals surface area contributed by atoms with Crippen LogP contribution in [0.2, 0.25) is 0 Å². The molecule has 8 heteroatoms. The average molecular weight is 376 g/mol. The Morgan fingerprint density at radius 1 is 1.27 bits per heavy atom. The van der Waals surface area contributed by atoms with Crippen LogP contribution in [0.1, 0.15) is 21.6 Å². The minimum absolute atomic E-state index is 0.0665. The number of sulfonamides is 1. The summed E-state index contributed by atoms with van der Waals surface area (Å²) in [5.74, 6) is 0.0949. The molecule has 0 atom stereocenters. The van der Waals surface area contributed by atoms with E-state index in [1.165, 1.54) is 23.7 Å². The topological polar surface area (TPSA) is 85.7 Å². The number of rotatable bonds is 5. The van der Waals surface area contributed by atoms with Crippen LogP contribution in [0, 0.1) is 6.92 Å². The van der Waals surface area contributed by atoms with Gasteiger partial charge < -0.3 is 9.30 Å². The zero-order chi connectivity index (χ0) is 19.1. The van der Waals surface area contributed by atoms with Crippen LogP contribution in [0.3, 0.4) is 0 Å². The Kier molecular flexibility index (Phi) is 4.62. The molecular formula is C18H20N2O5S. The first-order chi connectivity index (χ1) is 12.2. The Morgan fingerprint density at radius 3 is 2.65 bits per heavy atom. The van der Waals surface area contributed by atoms with Crippen molar-refractivity contribution in [3.05, 3.63) is 57.5 Å². The molecule has 0 N–H and O–H groups in total. The molecule has 1 aliphatic rings. The molecule has 0 unspecified atom stereocenters. The van der Waals surface area contributed by atoms with E-state index in [1.807, 2.05) is 0 Å². The standard InChI is InChI=1S/C18H20N2O5S/c1-12-18(25-2)16(21)7-8-19(12)11-17(22)14-4-5-15-13(10-14)6-9-20(15)26(3,23)24/h4-5,7-8,10H,6,9,11H2,1-3H3. The van der Waals surface area contributed by atoms with Crippen LogP contribution >= 0.6 is 0 Å². The molecule has 0 fully saturated rings. The first-order valence-corrected chi connectivity index (χ1v) is 9.95. The van der Waals surface area contributed by atoms with Crippen molar-refractivity contribution in [3.8, 4) is 5.75 Å². The third kappa shape index (κ3) is 3.24. The van der Waals surface area contributed by atoms with Crippen LogP contribution in [0.25, 0.3) is 0 Å². The van der Waals surface area contributed by atoms with E-state index in [-0.39, 0.29) is 23.5 Å². The van der Waals surface area contributed by atoms with E-state index in [1.54, 1.807) is 35.9 Å². The van der Waals surface area contributed by atoms with Crippen molar-refractivity contribution in [1.82, 2.24) is 4.57 Å². The number of ketones is 1. The molecular weight excluding hydrogens is 356 g/mol. The number of nitrogens with zero attached hydrogens (tertiary/aromatic N) is 2. The smallest absolute Gasteiger partial charge is 0.232 e. The summed E-state index contributed by atoms with van der Waals surface area (Å²) in [5.41, 5.74) is 2.33. The highest BCUT2D eigenvalue weighted by molar-refractivity contribution is 7.92. The van der Waals surface area contributed by atoms with Crippen molar-refractivity contribution in [3.63, 3.8) is 0 Å². The predicted octanol–water partition coefficient (Wildman–Crippen LogP) is 1.37. The lowest BCUT2D eigenvalue weighted by molar-refractivity contribution is 0.0971. The second-order valence-corrected chi connectivity index (χ2v) is 8.19. The van der Waals surface area contributed by atoms with Gasteiger partial charge >= 0.3 is 0 Å². The summed E-state index contributed by atoms with van der Waals surface area (Å²) in [6.07, 6.45) is 3.32. The van der Waals surface area contributed by atoms with Crippen LogP contribution in [0.5, 0.6) is 5.75 Å². The third-order valence-corrected chi connectivity index (χ3v) is 5.74. The zero-order valence-corrected chi connectivity index (χ0v) is 15.7. The first kappa shape index (κ1) is 18.2. The Labute approximate surface area is 151 Å². The summed E-state index contributed by atoms with van der Waals surface area (Å²) in [6.45, 7) is 2.18. The number of carbonyl (C=O) groups excluding carboxylic acids is 1. The fraction of sp³-hybridized carbons (Fsp3) is 0.333. The van der Waals surface area contributed by atoms with E-state index < -0.39 is 10.0 Å². The van der Waals surface area contributed by atoms with Gasteiger partial charge in [-0.25, -0.2) is 8.42 Å². The molecule has 3 rings (SSSR count). The molecule has 1 aromatic heterocycles. The summed E-state index contributed by atoms with van der Waals surface area (Å²) in [4.78, 5) is 24.4. The highest BCUT2D eigenvalue weighted by Crippen LogP contribution is 2.31. The number of carbonyl (C=O) groups is 1. The fourth-order valence-corrected chi connectivity index (χ4v) is 4.17. The van der Waals surface area contributed by atoms with E-state index in [0.717, 1.165) is 5.56 Å². The molecule has 0 amide bonds. The molecule has 1 aromatic carbocycles. The van der Waals surface area contributed by atoms with Crippen LogP contribution < -0.4 is 14.5 Å². The number of aromatic nitrogens is 1. The number of anilines is 1. The molecule has 26 heavy (non-hydrogen) atoms. The van der Waals surface area contributed by atoms with E-state index in [9.17, 15) is 18.0 Å². The number of methoxy groups -OCH3 is 1. The second-order valence-electron chi connectivity index (χ2n) is 6.28. The highest BCUT2D eigenvalue weighted by atomic mass is 32.2. The van der Waals surface area contributed by atoms with Gasteiger partial charge in [-0.1, -0.05) is 0 Å². The molecule has 0 spiro atoms. The molecule has 7 nitrogen and oxygen atoms in total. The Hall–Kier alpha value is -2.61. The van der Waals surface area contributed by atoms with Gasteiger partial charge in [0.2, 0.25) is 15.5 Å². The van der Waals surface area contributed by atoms with Gasteiger partial charge in [-0.05, 0) is 37.1 Å². The first-order valence-electron chi connectivity index (χ1n) is 8.10. The van der Waals surface area contributed by atoms with Gasteiger partial charge in [0.25, 0.3) is 0 Å². The van der Waals surface area contributed by atoms with Crippen molar-refractivity contribution < 1.29 is 17.9 Å². The number of fused-ring (bicyclic) bond motifs is 1. The number of Topliss-reactive ketones (excluding diaryl/α,β-unsaturated/α-hetero) is 1. The van der Waals surface area contributed by atoms with Gasteiger partial charge in [0.05, 0.1) is 31.3 Å². The van der Waals surface area contributed by atoms with Gasteiger partial charge in [-0.2, -0.15) is 0 Å². The Balaban J connectivity index is 1.88. The monoisotopic (exact) mass is 376 g/mol. The number of ether oxygens (including phenoxy) is 1. The average Bonchev–Trinajstić information content (AvgIpc) is 3.01. The number of hydrogen-bond acceptors (Lipinski definition) is 5. The molecule has 138 valence electrons. The van der Waals surface area contributed by atoms with E-state index in [2.05, 4.69) is 0 Å². The van der Waals surface area contributed by atoms with Crippen molar-refractivity contribution in [2.24, 2.45) is 0 Å².